The minimum atomic E-state index is -4.58. The summed E-state index contributed by atoms with van der Waals surface area (Å²) in [5.74, 6) is -1.62. The highest BCUT2D eigenvalue weighted by Crippen LogP contribution is 2.35. The van der Waals surface area contributed by atoms with E-state index in [4.69, 9.17) is 22.7 Å². The number of halogens is 5. The minimum Gasteiger partial charge on any atom is -0.370 e. The Hall–Kier alpha value is -1.47. The van der Waals surface area contributed by atoms with Crippen molar-refractivity contribution in [3.63, 3.8) is 0 Å². The summed E-state index contributed by atoms with van der Waals surface area (Å²) >= 11 is 5.83. The van der Waals surface area contributed by atoms with Crippen molar-refractivity contribution in [1.29, 1.82) is 5.41 Å². The quantitative estimate of drug-likeness (QED) is 0.581. The highest BCUT2D eigenvalue weighted by Gasteiger charge is 2.34. The molecule has 0 saturated carbocycles. The molecule has 21 heavy (non-hydrogen) atoms. The summed E-state index contributed by atoms with van der Waals surface area (Å²) in [5.41, 5.74) is 3.73. The van der Waals surface area contributed by atoms with Crippen LogP contribution in [0.2, 0.25) is 5.02 Å². The van der Waals surface area contributed by atoms with Crippen molar-refractivity contribution in [2.24, 2.45) is 5.73 Å². The molecule has 1 aromatic carbocycles. The van der Waals surface area contributed by atoms with Crippen molar-refractivity contribution >= 4 is 35.9 Å². The number of hydrogen-bond donors (Lipinski definition) is 3. The molecule has 0 spiro atoms. The van der Waals surface area contributed by atoms with Crippen LogP contribution in [-0.4, -0.2) is 11.9 Å². The van der Waals surface area contributed by atoms with E-state index in [1.54, 1.807) is 6.92 Å². The number of aryl methyl sites for hydroxylation is 1. The van der Waals surface area contributed by atoms with E-state index in [0.29, 0.717) is 12.5 Å². The van der Waals surface area contributed by atoms with Gasteiger partial charge in [-0.25, -0.2) is 0 Å². The Balaban J connectivity index is 0.00000400. The molecule has 1 rings (SSSR count). The molecule has 0 saturated heterocycles. The fourth-order valence-corrected chi connectivity index (χ4v) is 1.99. The predicted molar refractivity (Wildman–Crippen MR) is 77.1 cm³/mol. The molecule has 0 radical (unpaired) electrons. The smallest absolute Gasteiger partial charge is 0.370 e. The molecule has 1 aromatic rings. The van der Waals surface area contributed by atoms with Gasteiger partial charge in [-0.05, 0) is 24.1 Å². The number of nitrogens with one attached hydrogen (secondary N) is 2. The zero-order valence-electron chi connectivity index (χ0n) is 11.0. The maximum atomic E-state index is 13.0. The number of amides is 1. The lowest BCUT2D eigenvalue weighted by molar-refractivity contribution is -0.138. The summed E-state index contributed by atoms with van der Waals surface area (Å²) in [5, 5.41) is 8.70. The molecular formula is C12H14Cl2F3N3O. The van der Waals surface area contributed by atoms with Gasteiger partial charge in [-0.1, -0.05) is 24.9 Å². The van der Waals surface area contributed by atoms with Gasteiger partial charge >= 0.3 is 6.18 Å². The summed E-state index contributed by atoms with van der Waals surface area (Å²) in [6, 6.07) is 1.81. The van der Waals surface area contributed by atoms with Gasteiger partial charge in [-0.15, -0.1) is 12.4 Å². The first kappa shape index (κ1) is 19.5. The third kappa shape index (κ3) is 5.09. The van der Waals surface area contributed by atoms with Gasteiger partial charge in [-0.3, -0.25) is 15.5 Å². The van der Waals surface area contributed by atoms with Gasteiger partial charge in [-0.2, -0.15) is 13.2 Å². The number of nitrogens with two attached hydrogens (primary N) is 1. The number of alkyl halides is 3. The number of hydrogen-bond acceptors (Lipinski definition) is 2. The van der Waals surface area contributed by atoms with Crippen molar-refractivity contribution < 1.29 is 18.0 Å². The Morgan fingerprint density at radius 2 is 2.00 bits per heavy atom. The van der Waals surface area contributed by atoms with E-state index < -0.39 is 23.6 Å². The van der Waals surface area contributed by atoms with Crippen molar-refractivity contribution in [3.8, 4) is 0 Å². The highest BCUT2D eigenvalue weighted by molar-refractivity contribution is 6.34. The average Bonchev–Trinajstić information content (AvgIpc) is 2.26. The molecular weight excluding hydrogens is 330 g/mol. The lowest BCUT2D eigenvalue weighted by Gasteiger charge is -2.15. The number of rotatable bonds is 3. The molecule has 0 aliphatic heterocycles. The zero-order chi connectivity index (χ0) is 15.5. The lowest BCUT2D eigenvalue weighted by atomic mass is 9.99. The van der Waals surface area contributed by atoms with E-state index in [2.05, 4.69) is 0 Å². The van der Waals surface area contributed by atoms with Gasteiger partial charge < -0.3 is 5.73 Å². The van der Waals surface area contributed by atoms with Crippen LogP contribution in [0.5, 0.6) is 0 Å². The molecule has 0 aromatic heterocycles. The maximum Gasteiger partial charge on any atom is 0.416 e. The van der Waals surface area contributed by atoms with Crippen LogP contribution in [0.1, 0.15) is 34.8 Å². The standard InChI is InChI=1S/C12H13ClF3N3O.ClH/c1-2-3-6-4-9(13)7(10(20)19-11(17)18)5-8(6)12(14,15)16;/h4-5H,2-3H2,1H3,(H4,17,18,19,20);1H. The largest absolute Gasteiger partial charge is 0.416 e. The van der Waals surface area contributed by atoms with Crippen LogP contribution in [0, 0.1) is 5.41 Å². The van der Waals surface area contributed by atoms with Crippen molar-refractivity contribution in [3.05, 3.63) is 33.8 Å². The summed E-state index contributed by atoms with van der Waals surface area (Å²) < 4.78 is 38.9. The Morgan fingerprint density at radius 3 is 2.43 bits per heavy atom. The average molecular weight is 344 g/mol. The van der Waals surface area contributed by atoms with Crippen molar-refractivity contribution in [1.82, 2.24) is 5.32 Å². The first-order valence-electron chi connectivity index (χ1n) is 5.71. The summed E-state index contributed by atoms with van der Waals surface area (Å²) in [6.07, 6.45) is -3.87. The number of guanidine groups is 1. The van der Waals surface area contributed by atoms with Crippen LogP contribution in [-0.2, 0) is 12.6 Å². The fraction of sp³-hybridized carbons (Fsp3) is 0.333. The second kappa shape index (κ2) is 7.51. The lowest BCUT2D eigenvalue weighted by Crippen LogP contribution is -2.36. The third-order valence-electron chi connectivity index (χ3n) is 2.51. The molecule has 0 atom stereocenters. The second-order valence-electron chi connectivity index (χ2n) is 4.10. The summed E-state index contributed by atoms with van der Waals surface area (Å²) in [4.78, 5) is 11.6. The van der Waals surface area contributed by atoms with E-state index in [9.17, 15) is 18.0 Å². The molecule has 1 amide bonds. The topological polar surface area (TPSA) is 79.0 Å². The van der Waals surface area contributed by atoms with Crippen LogP contribution in [0.4, 0.5) is 13.2 Å². The molecule has 0 fully saturated rings. The molecule has 4 nitrogen and oxygen atoms in total. The Kier molecular flexibility index (Phi) is 6.99. The Bertz CT molecular complexity index is 547. The minimum absolute atomic E-state index is 0. The molecule has 0 aliphatic carbocycles. The normalized spacial score (nSPS) is 10.7. The fourth-order valence-electron chi connectivity index (χ4n) is 1.72. The van der Waals surface area contributed by atoms with Gasteiger partial charge in [0.25, 0.3) is 5.91 Å². The van der Waals surface area contributed by atoms with E-state index in [1.807, 2.05) is 5.32 Å². The molecule has 0 unspecified atom stereocenters. The van der Waals surface area contributed by atoms with Gasteiger partial charge in [0, 0.05) is 0 Å². The van der Waals surface area contributed by atoms with Crippen LogP contribution >= 0.6 is 24.0 Å². The van der Waals surface area contributed by atoms with E-state index in [0.717, 1.165) is 6.07 Å². The predicted octanol–water partition coefficient (Wildman–Crippen LogP) is 3.36. The third-order valence-corrected chi connectivity index (χ3v) is 2.82. The Morgan fingerprint density at radius 1 is 1.43 bits per heavy atom. The number of carbonyl (C=O) groups is 1. The molecule has 4 N–H and O–H groups in total. The SMILES string of the molecule is CCCc1cc(Cl)c(C(=O)NC(=N)N)cc1C(F)(F)F.Cl. The van der Waals surface area contributed by atoms with E-state index in [-0.39, 0.29) is 35.0 Å². The summed E-state index contributed by atoms with van der Waals surface area (Å²) in [7, 11) is 0. The Labute approximate surface area is 130 Å². The van der Waals surface area contributed by atoms with Crippen LogP contribution in [0.3, 0.4) is 0 Å². The van der Waals surface area contributed by atoms with Crippen molar-refractivity contribution in [2.75, 3.05) is 0 Å². The van der Waals surface area contributed by atoms with E-state index in [1.165, 1.54) is 0 Å². The molecule has 0 aliphatic rings. The molecule has 0 heterocycles. The maximum absolute atomic E-state index is 13.0. The van der Waals surface area contributed by atoms with Gasteiger partial charge in [0.05, 0.1) is 16.1 Å². The number of benzene rings is 1. The zero-order valence-corrected chi connectivity index (χ0v) is 12.5. The van der Waals surface area contributed by atoms with E-state index >= 15 is 0 Å². The van der Waals surface area contributed by atoms with Crippen molar-refractivity contribution in [2.45, 2.75) is 25.9 Å². The summed E-state index contributed by atoms with van der Waals surface area (Å²) in [6.45, 7) is 1.74. The van der Waals surface area contributed by atoms with Crippen LogP contribution in [0.15, 0.2) is 12.1 Å². The molecule has 118 valence electrons. The van der Waals surface area contributed by atoms with Gasteiger partial charge in [0.15, 0.2) is 5.96 Å². The monoisotopic (exact) mass is 343 g/mol. The molecule has 9 heteroatoms. The highest BCUT2D eigenvalue weighted by atomic mass is 35.5. The first-order chi connectivity index (χ1) is 9.16. The van der Waals surface area contributed by atoms with Crippen LogP contribution < -0.4 is 11.1 Å². The van der Waals surface area contributed by atoms with Crippen LogP contribution in [0.25, 0.3) is 0 Å². The number of carbonyl (C=O) groups excluding carboxylic acids is 1. The first-order valence-corrected chi connectivity index (χ1v) is 6.09. The second-order valence-corrected chi connectivity index (χ2v) is 4.51. The van der Waals surface area contributed by atoms with Gasteiger partial charge in [0.1, 0.15) is 0 Å². The van der Waals surface area contributed by atoms with Gasteiger partial charge in [0.2, 0.25) is 0 Å². The molecule has 0 bridgehead atoms.